The highest BCUT2D eigenvalue weighted by Crippen LogP contribution is 2.31. The number of aromatic nitrogens is 2. The predicted octanol–water partition coefficient (Wildman–Crippen LogP) is 3.97. The Morgan fingerprint density at radius 1 is 1.25 bits per heavy atom. The van der Waals surface area contributed by atoms with Gasteiger partial charge in [-0.15, -0.1) is 0 Å². The van der Waals surface area contributed by atoms with Gasteiger partial charge in [0.2, 0.25) is 0 Å². The fraction of sp³-hybridized carbons (Fsp3) is 0.133. The topological polar surface area (TPSA) is 29.3 Å². The summed E-state index contributed by atoms with van der Waals surface area (Å²) in [6.07, 6.45) is 2.06. The predicted molar refractivity (Wildman–Crippen MR) is 86.2 cm³/mol. The molecule has 20 heavy (non-hydrogen) atoms. The zero-order valence-corrected chi connectivity index (χ0v) is 13.4. The molecule has 102 valence electrons. The minimum Gasteiger partial charge on any atom is -0.314 e. The van der Waals surface area contributed by atoms with Crippen LogP contribution < -0.4 is 5.32 Å². The minimum absolute atomic E-state index is 0.793. The van der Waals surface area contributed by atoms with Crippen molar-refractivity contribution in [2.45, 2.75) is 16.5 Å². The van der Waals surface area contributed by atoms with Crippen molar-refractivity contribution < 1.29 is 0 Å². The molecule has 0 fully saturated rings. The molecule has 0 aliphatic heterocycles. The molecular weight excluding hydrogens is 334 g/mol. The Morgan fingerprint density at radius 3 is 2.95 bits per heavy atom. The number of rotatable bonds is 4. The molecule has 0 atom stereocenters. The summed E-state index contributed by atoms with van der Waals surface area (Å²) in [6.45, 7) is 0.793. The lowest BCUT2D eigenvalue weighted by Gasteiger charge is -2.04. The summed E-state index contributed by atoms with van der Waals surface area (Å²) >= 11 is 5.20. The van der Waals surface area contributed by atoms with E-state index < -0.39 is 0 Å². The zero-order chi connectivity index (χ0) is 13.9. The summed E-state index contributed by atoms with van der Waals surface area (Å²) < 4.78 is 3.22. The van der Waals surface area contributed by atoms with Gasteiger partial charge in [-0.25, -0.2) is 4.98 Å². The van der Waals surface area contributed by atoms with Crippen LogP contribution in [0.5, 0.6) is 0 Å². The summed E-state index contributed by atoms with van der Waals surface area (Å²) in [7, 11) is 1.95. The van der Waals surface area contributed by atoms with Crippen LogP contribution in [0.15, 0.2) is 63.1 Å². The molecule has 1 aromatic carbocycles. The molecule has 2 aromatic heterocycles. The molecule has 3 aromatic rings. The molecule has 1 N–H and O–H groups in total. The summed E-state index contributed by atoms with van der Waals surface area (Å²) in [4.78, 5) is 5.91. The van der Waals surface area contributed by atoms with E-state index >= 15 is 0 Å². The molecule has 0 unspecified atom stereocenters. The number of benzene rings is 1. The first-order chi connectivity index (χ1) is 9.78. The van der Waals surface area contributed by atoms with Gasteiger partial charge in [0.15, 0.2) is 0 Å². The molecule has 0 amide bonds. The Hall–Kier alpha value is -1.30. The van der Waals surface area contributed by atoms with Gasteiger partial charge in [-0.05, 0) is 37.4 Å². The lowest BCUT2D eigenvalue weighted by molar-refractivity contribution is 0.764. The Balaban J connectivity index is 2.04. The van der Waals surface area contributed by atoms with Crippen molar-refractivity contribution in [1.82, 2.24) is 14.7 Å². The van der Waals surface area contributed by atoms with Crippen molar-refractivity contribution in [2.75, 3.05) is 7.05 Å². The van der Waals surface area contributed by atoms with Gasteiger partial charge >= 0.3 is 0 Å². The molecule has 0 bridgehead atoms. The van der Waals surface area contributed by atoms with Gasteiger partial charge in [-0.3, -0.25) is 0 Å². The van der Waals surface area contributed by atoms with Crippen LogP contribution in [0.4, 0.5) is 0 Å². The summed E-state index contributed by atoms with van der Waals surface area (Å²) in [5.74, 6) is 0. The van der Waals surface area contributed by atoms with E-state index in [9.17, 15) is 0 Å². The van der Waals surface area contributed by atoms with Crippen molar-refractivity contribution in [3.8, 4) is 0 Å². The smallest absolute Gasteiger partial charge is 0.138 e. The molecule has 0 saturated carbocycles. The van der Waals surface area contributed by atoms with E-state index in [1.165, 1.54) is 10.6 Å². The molecule has 2 heterocycles. The lowest BCUT2D eigenvalue weighted by atomic mass is 10.4. The monoisotopic (exact) mass is 347 g/mol. The molecule has 0 radical (unpaired) electrons. The van der Waals surface area contributed by atoms with Crippen LogP contribution in [0.1, 0.15) is 5.69 Å². The number of pyridine rings is 1. The number of halogens is 1. The number of hydrogen-bond donors (Lipinski definition) is 1. The van der Waals surface area contributed by atoms with Gasteiger partial charge in [-0.2, -0.15) is 0 Å². The van der Waals surface area contributed by atoms with Crippen LogP contribution in [0.3, 0.4) is 0 Å². The van der Waals surface area contributed by atoms with E-state index in [1.54, 1.807) is 11.8 Å². The largest absolute Gasteiger partial charge is 0.314 e. The number of fused-ring (bicyclic) bond motifs is 1. The summed E-state index contributed by atoms with van der Waals surface area (Å²) in [6, 6.07) is 14.4. The van der Waals surface area contributed by atoms with E-state index in [2.05, 4.69) is 44.0 Å². The van der Waals surface area contributed by atoms with E-state index in [-0.39, 0.29) is 0 Å². The van der Waals surface area contributed by atoms with E-state index in [0.717, 1.165) is 21.7 Å². The second-order valence-electron chi connectivity index (χ2n) is 4.38. The maximum atomic E-state index is 4.73. The van der Waals surface area contributed by atoms with E-state index in [0.29, 0.717) is 0 Å². The van der Waals surface area contributed by atoms with Gasteiger partial charge in [0.25, 0.3) is 0 Å². The maximum Gasteiger partial charge on any atom is 0.138 e. The minimum atomic E-state index is 0.793. The molecule has 3 rings (SSSR count). The Labute approximate surface area is 130 Å². The number of imidazole rings is 1. The van der Waals surface area contributed by atoms with Crippen LogP contribution in [0, 0.1) is 0 Å². The third kappa shape index (κ3) is 2.75. The number of nitrogens with one attached hydrogen (secondary N) is 1. The van der Waals surface area contributed by atoms with Crippen LogP contribution in [0.25, 0.3) is 5.65 Å². The molecule has 0 spiro atoms. The normalized spacial score (nSPS) is 11.1. The van der Waals surface area contributed by atoms with Crippen molar-refractivity contribution >= 4 is 33.3 Å². The Kier molecular flexibility index (Phi) is 4.10. The molecular formula is C15H14BrN3S. The van der Waals surface area contributed by atoms with E-state index in [1.807, 2.05) is 37.4 Å². The van der Waals surface area contributed by atoms with Crippen molar-refractivity contribution in [3.63, 3.8) is 0 Å². The fourth-order valence-electron chi connectivity index (χ4n) is 2.08. The van der Waals surface area contributed by atoms with Crippen molar-refractivity contribution in [1.29, 1.82) is 0 Å². The highest BCUT2D eigenvalue weighted by atomic mass is 79.9. The number of nitrogens with zero attached hydrogens (tertiary/aromatic N) is 2. The zero-order valence-electron chi connectivity index (χ0n) is 11.0. The molecule has 5 heteroatoms. The van der Waals surface area contributed by atoms with Crippen molar-refractivity contribution in [2.24, 2.45) is 0 Å². The first-order valence-electron chi connectivity index (χ1n) is 6.32. The average Bonchev–Trinajstić information content (AvgIpc) is 2.77. The Morgan fingerprint density at radius 2 is 2.15 bits per heavy atom. The molecule has 0 aliphatic rings. The first-order valence-corrected chi connectivity index (χ1v) is 7.93. The second kappa shape index (κ2) is 5.99. The van der Waals surface area contributed by atoms with Crippen LogP contribution >= 0.6 is 27.7 Å². The molecule has 0 aliphatic carbocycles. The summed E-state index contributed by atoms with van der Waals surface area (Å²) in [5, 5.41) is 4.26. The van der Waals surface area contributed by atoms with E-state index in [4.69, 9.17) is 4.98 Å². The number of hydrogen-bond acceptors (Lipinski definition) is 3. The molecule has 0 saturated heterocycles. The SMILES string of the molecule is CNCc1c(Sc2cccc(Br)c2)nc2ccccn12. The van der Waals surface area contributed by atoms with Gasteiger partial charge in [0.05, 0.1) is 5.69 Å². The van der Waals surface area contributed by atoms with Gasteiger partial charge in [0.1, 0.15) is 10.7 Å². The highest BCUT2D eigenvalue weighted by molar-refractivity contribution is 9.10. The van der Waals surface area contributed by atoms with Crippen LogP contribution in [-0.4, -0.2) is 16.4 Å². The van der Waals surface area contributed by atoms with Gasteiger partial charge in [-0.1, -0.05) is 39.8 Å². The van der Waals surface area contributed by atoms with Crippen LogP contribution in [-0.2, 0) is 6.54 Å². The standard InChI is InChI=1S/C15H14BrN3S/c1-17-10-13-15(18-14-7-2-3-8-19(13)14)20-12-6-4-5-11(16)9-12/h2-9,17H,10H2,1H3. The third-order valence-electron chi connectivity index (χ3n) is 2.95. The fourth-order valence-corrected chi connectivity index (χ4v) is 3.61. The Bertz CT molecular complexity index is 739. The average molecular weight is 348 g/mol. The first kappa shape index (κ1) is 13.7. The highest BCUT2D eigenvalue weighted by Gasteiger charge is 2.12. The third-order valence-corrected chi connectivity index (χ3v) is 4.45. The summed E-state index contributed by atoms with van der Waals surface area (Å²) in [5.41, 5.74) is 2.17. The van der Waals surface area contributed by atoms with Crippen LogP contribution in [0.2, 0.25) is 0 Å². The molecule has 3 nitrogen and oxygen atoms in total. The lowest BCUT2D eigenvalue weighted by Crippen LogP contribution is -2.08. The quantitative estimate of drug-likeness (QED) is 0.774. The maximum absolute atomic E-state index is 4.73. The van der Waals surface area contributed by atoms with Gasteiger partial charge < -0.3 is 9.72 Å². The second-order valence-corrected chi connectivity index (χ2v) is 6.36. The van der Waals surface area contributed by atoms with Gasteiger partial charge in [0, 0.05) is 22.1 Å². The van der Waals surface area contributed by atoms with Crippen molar-refractivity contribution in [3.05, 3.63) is 58.8 Å².